The molecule has 0 spiro atoms. The van der Waals surface area contributed by atoms with Gasteiger partial charge in [-0.2, -0.15) is 0 Å². The summed E-state index contributed by atoms with van der Waals surface area (Å²) in [4.78, 5) is 12.6. The summed E-state index contributed by atoms with van der Waals surface area (Å²) in [6, 6.07) is 18.0. The first-order chi connectivity index (χ1) is 16.0. The standard InChI is InChI=1S/C28H32N2O3/c1-19-7-5-6-10-25(19)30-17-24(26(31)32)28(29-30,23-8-3-2-4-9-23)18-33-27-14-20-11-21(15-27)13-22(12-20)16-27/h2-10,17,20-22,29H,11-16,18H2,1H3,(H,31,32). The highest BCUT2D eigenvalue weighted by Crippen LogP contribution is 2.57. The van der Waals surface area contributed by atoms with E-state index in [2.05, 4.69) is 5.43 Å². The van der Waals surface area contributed by atoms with Crippen molar-refractivity contribution in [1.82, 2.24) is 5.43 Å². The van der Waals surface area contributed by atoms with Gasteiger partial charge in [0.15, 0.2) is 0 Å². The van der Waals surface area contributed by atoms with Crippen molar-refractivity contribution in [3.05, 3.63) is 77.5 Å². The fourth-order valence-electron chi connectivity index (χ4n) is 7.34. The highest BCUT2D eigenvalue weighted by Gasteiger charge is 2.54. The average Bonchev–Trinajstić information content (AvgIpc) is 3.19. The first-order valence-corrected chi connectivity index (χ1v) is 12.2. The predicted molar refractivity (Wildman–Crippen MR) is 127 cm³/mol. The summed E-state index contributed by atoms with van der Waals surface area (Å²) in [5.41, 5.74) is 5.80. The summed E-state index contributed by atoms with van der Waals surface area (Å²) in [6.07, 6.45) is 9.16. The Morgan fingerprint density at radius 1 is 1.00 bits per heavy atom. The minimum atomic E-state index is -0.946. The molecule has 0 radical (unpaired) electrons. The van der Waals surface area contributed by atoms with Gasteiger partial charge in [0.1, 0.15) is 5.54 Å². The number of aryl methyl sites for hydroxylation is 1. The summed E-state index contributed by atoms with van der Waals surface area (Å²) < 4.78 is 6.89. The van der Waals surface area contributed by atoms with E-state index in [1.54, 1.807) is 6.20 Å². The third-order valence-electron chi connectivity index (χ3n) is 8.48. The van der Waals surface area contributed by atoms with E-state index < -0.39 is 11.5 Å². The van der Waals surface area contributed by atoms with E-state index in [0.717, 1.165) is 53.8 Å². The number of ether oxygens (including phenoxy) is 1. The molecule has 5 nitrogen and oxygen atoms in total. The molecule has 2 N–H and O–H groups in total. The van der Waals surface area contributed by atoms with E-state index in [0.29, 0.717) is 12.2 Å². The van der Waals surface area contributed by atoms with Crippen molar-refractivity contribution in [2.45, 2.75) is 56.6 Å². The lowest BCUT2D eigenvalue weighted by atomic mass is 9.54. The number of nitrogens with one attached hydrogen (secondary N) is 1. The molecule has 2 aromatic carbocycles. The average molecular weight is 445 g/mol. The first kappa shape index (κ1) is 20.9. The van der Waals surface area contributed by atoms with Crippen molar-refractivity contribution >= 4 is 11.7 Å². The van der Waals surface area contributed by atoms with Gasteiger partial charge in [-0.05, 0) is 80.4 Å². The number of carbonyl (C=O) groups is 1. The van der Waals surface area contributed by atoms with Gasteiger partial charge in [-0.15, -0.1) is 0 Å². The van der Waals surface area contributed by atoms with Crippen LogP contribution in [0.1, 0.15) is 49.7 Å². The highest BCUT2D eigenvalue weighted by atomic mass is 16.5. The number of carboxylic acids is 1. The third kappa shape index (κ3) is 3.49. The topological polar surface area (TPSA) is 61.8 Å². The van der Waals surface area contributed by atoms with Crippen LogP contribution in [0, 0.1) is 24.7 Å². The van der Waals surface area contributed by atoms with Gasteiger partial charge in [0.25, 0.3) is 0 Å². The number of para-hydroxylation sites is 1. The van der Waals surface area contributed by atoms with Crippen LogP contribution < -0.4 is 10.4 Å². The summed E-state index contributed by atoms with van der Waals surface area (Å²) >= 11 is 0. The number of rotatable bonds is 6. The number of benzene rings is 2. The van der Waals surface area contributed by atoms with Gasteiger partial charge in [-0.1, -0.05) is 48.5 Å². The Morgan fingerprint density at radius 2 is 1.61 bits per heavy atom. The quantitative estimate of drug-likeness (QED) is 0.644. The molecular weight excluding hydrogens is 412 g/mol. The van der Waals surface area contributed by atoms with Crippen LogP contribution in [0.5, 0.6) is 0 Å². The maximum atomic E-state index is 12.6. The van der Waals surface area contributed by atoms with Gasteiger partial charge in [0.2, 0.25) is 0 Å². The molecule has 4 fully saturated rings. The van der Waals surface area contributed by atoms with Crippen molar-refractivity contribution in [2.24, 2.45) is 17.8 Å². The lowest BCUT2D eigenvalue weighted by Gasteiger charge is -2.57. The second-order valence-electron chi connectivity index (χ2n) is 10.8. The summed E-state index contributed by atoms with van der Waals surface area (Å²) in [6.45, 7) is 2.35. The summed E-state index contributed by atoms with van der Waals surface area (Å²) in [5.74, 6) is 1.41. The Morgan fingerprint density at radius 3 is 2.21 bits per heavy atom. The van der Waals surface area contributed by atoms with Crippen molar-refractivity contribution in [2.75, 3.05) is 11.6 Å². The van der Waals surface area contributed by atoms with Crippen LogP contribution in [0.25, 0.3) is 0 Å². The number of aliphatic carboxylic acids is 1. The van der Waals surface area contributed by atoms with Gasteiger partial charge < -0.3 is 9.84 Å². The predicted octanol–water partition coefficient (Wildman–Crippen LogP) is 5.17. The van der Waals surface area contributed by atoms with Crippen LogP contribution in [0.15, 0.2) is 66.4 Å². The lowest BCUT2D eigenvalue weighted by molar-refractivity contribution is -0.172. The van der Waals surface area contributed by atoms with Crippen molar-refractivity contribution in [3.8, 4) is 0 Å². The molecule has 4 aliphatic carbocycles. The number of hydrazine groups is 1. The van der Waals surface area contributed by atoms with Gasteiger partial charge in [0.05, 0.1) is 23.5 Å². The van der Waals surface area contributed by atoms with E-state index in [1.807, 2.05) is 66.5 Å². The molecule has 5 heteroatoms. The van der Waals surface area contributed by atoms with Crippen LogP contribution >= 0.6 is 0 Å². The molecule has 172 valence electrons. The maximum absolute atomic E-state index is 12.6. The van der Waals surface area contributed by atoms with Gasteiger partial charge in [0, 0.05) is 6.20 Å². The molecule has 1 aliphatic heterocycles. The zero-order valence-electron chi connectivity index (χ0n) is 19.2. The Labute approximate surface area is 195 Å². The lowest BCUT2D eigenvalue weighted by Crippen LogP contribution is -2.56. The Balaban J connectivity index is 1.37. The fourth-order valence-corrected chi connectivity index (χ4v) is 7.34. The molecule has 5 aliphatic rings. The van der Waals surface area contributed by atoms with E-state index in [-0.39, 0.29) is 5.60 Å². The molecule has 33 heavy (non-hydrogen) atoms. The Hall–Kier alpha value is -2.63. The molecule has 4 bridgehead atoms. The number of hydrogen-bond donors (Lipinski definition) is 2. The van der Waals surface area contributed by atoms with Gasteiger partial charge in [-0.3, -0.25) is 5.01 Å². The third-order valence-corrected chi connectivity index (χ3v) is 8.48. The number of nitrogens with zero attached hydrogens (tertiary/aromatic N) is 1. The minimum absolute atomic E-state index is 0.0993. The number of anilines is 1. The second kappa shape index (κ2) is 7.71. The van der Waals surface area contributed by atoms with Gasteiger partial charge in [-0.25, -0.2) is 10.2 Å². The molecule has 0 aromatic heterocycles. The maximum Gasteiger partial charge on any atom is 0.335 e. The minimum Gasteiger partial charge on any atom is -0.478 e. The second-order valence-corrected chi connectivity index (χ2v) is 10.8. The van der Waals surface area contributed by atoms with Crippen LogP contribution in [0.2, 0.25) is 0 Å². The highest BCUT2D eigenvalue weighted by molar-refractivity contribution is 5.91. The molecule has 1 unspecified atom stereocenters. The number of carboxylic acid groups (broad SMARTS) is 1. The molecule has 2 aromatic rings. The summed E-state index contributed by atoms with van der Waals surface area (Å²) in [7, 11) is 0. The van der Waals surface area contributed by atoms with Gasteiger partial charge >= 0.3 is 5.97 Å². The van der Waals surface area contributed by atoms with E-state index in [4.69, 9.17) is 4.74 Å². The Bertz CT molecular complexity index is 1060. The Kier molecular flexibility index (Phi) is 4.89. The SMILES string of the molecule is Cc1ccccc1N1C=C(C(=O)O)C(COC23CC4CC(CC(C4)C2)C3)(c2ccccc2)N1. The largest absolute Gasteiger partial charge is 0.478 e. The van der Waals surface area contributed by atoms with Crippen molar-refractivity contribution in [1.29, 1.82) is 0 Å². The van der Waals surface area contributed by atoms with Crippen LogP contribution in [-0.4, -0.2) is 23.3 Å². The van der Waals surface area contributed by atoms with Crippen LogP contribution in [0.3, 0.4) is 0 Å². The van der Waals surface area contributed by atoms with E-state index in [1.165, 1.54) is 19.3 Å². The molecule has 7 rings (SSSR count). The monoisotopic (exact) mass is 444 g/mol. The van der Waals surface area contributed by atoms with Crippen LogP contribution in [-0.2, 0) is 15.1 Å². The first-order valence-electron chi connectivity index (χ1n) is 12.2. The van der Waals surface area contributed by atoms with Crippen LogP contribution in [0.4, 0.5) is 5.69 Å². The van der Waals surface area contributed by atoms with E-state index >= 15 is 0 Å². The van der Waals surface area contributed by atoms with Crippen molar-refractivity contribution < 1.29 is 14.6 Å². The number of hydrogen-bond acceptors (Lipinski definition) is 4. The molecule has 1 heterocycles. The van der Waals surface area contributed by atoms with Crippen molar-refractivity contribution in [3.63, 3.8) is 0 Å². The summed E-state index contributed by atoms with van der Waals surface area (Å²) in [5, 5.41) is 12.2. The smallest absolute Gasteiger partial charge is 0.335 e. The van der Waals surface area contributed by atoms with E-state index in [9.17, 15) is 9.90 Å². The zero-order valence-corrected chi connectivity index (χ0v) is 19.2. The molecule has 0 amide bonds. The molecule has 1 atom stereocenters. The molecule has 0 saturated heterocycles. The molecular formula is C28H32N2O3. The zero-order chi connectivity index (χ0) is 22.6. The normalized spacial score (nSPS) is 34.5. The molecule has 4 saturated carbocycles. The fraction of sp³-hybridized carbons (Fsp3) is 0.464.